The number of ether oxygens (including phenoxy) is 1. The Balaban J connectivity index is 1.89. The molecule has 3 aromatic rings. The Morgan fingerprint density at radius 2 is 1.58 bits per heavy atom. The fourth-order valence-electron chi connectivity index (χ4n) is 3.43. The number of amides is 1. The average Bonchev–Trinajstić information content (AvgIpc) is 3.10. The number of para-hydroxylation sites is 1. The maximum absolute atomic E-state index is 13.2. The summed E-state index contributed by atoms with van der Waals surface area (Å²) >= 11 is 0. The average molecular weight is 419 g/mol. The lowest BCUT2D eigenvalue weighted by atomic mass is 10.1. The van der Waals surface area contributed by atoms with Crippen LogP contribution in [-0.2, 0) is 20.9 Å². The molecule has 0 aliphatic heterocycles. The molecule has 7 heteroatoms. The highest BCUT2D eigenvalue weighted by Gasteiger charge is 2.29. The first-order valence-electron chi connectivity index (χ1n) is 9.98. The second kappa shape index (κ2) is 9.84. The Kier molecular flexibility index (Phi) is 6.97. The Labute approximate surface area is 181 Å². The Morgan fingerprint density at radius 1 is 0.968 bits per heavy atom. The lowest BCUT2D eigenvalue weighted by molar-refractivity contribution is -0.141. The first-order valence-corrected chi connectivity index (χ1v) is 9.98. The first-order chi connectivity index (χ1) is 14.9. The van der Waals surface area contributed by atoms with E-state index in [1.165, 1.54) is 12.0 Å². The lowest BCUT2D eigenvalue weighted by Crippen LogP contribution is -2.38. The molecular formula is C24H25N3O4. The van der Waals surface area contributed by atoms with E-state index >= 15 is 0 Å². The van der Waals surface area contributed by atoms with Crippen LogP contribution in [0.5, 0.6) is 0 Å². The maximum atomic E-state index is 13.2. The van der Waals surface area contributed by atoms with E-state index in [0.717, 1.165) is 11.3 Å². The van der Waals surface area contributed by atoms with Crippen molar-refractivity contribution in [1.29, 1.82) is 0 Å². The van der Waals surface area contributed by atoms with Crippen LogP contribution in [0.25, 0.3) is 5.69 Å². The molecule has 0 radical (unpaired) electrons. The number of methoxy groups -OCH3 is 1. The lowest BCUT2D eigenvalue weighted by Gasteiger charge is -2.22. The molecule has 160 valence electrons. The van der Waals surface area contributed by atoms with Gasteiger partial charge in [0.1, 0.15) is 0 Å². The molecule has 0 bridgehead atoms. The van der Waals surface area contributed by atoms with E-state index in [9.17, 15) is 14.4 Å². The molecule has 1 amide bonds. The molecule has 3 rings (SSSR count). The number of esters is 1. The standard InChI is InChI=1S/C24H25N3O4/c1-17-22(18(2)27(25-17)20-12-8-5-9-13-20)23(29)24(30)26(15-14-21(28)31-3)16-19-10-6-4-7-11-19/h4-13H,14-16H2,1-3H3. The number of aromatic nitrogens is 2. The van der Waals surface area contributed by atoms with E-state index in [1.807, 2.05) is 60.7 Å². The largest absolute Gasteiger partial charge is 0.469 e. The van der Waals surface area contributed by atoms with Crippen molar-refractivity contribution in [3.05, 3.63) is 83.2 Å². The summed E-state index contributed by atoms with van der Waals surface area (Å²) in [5.41, 5.74) is 3.02. The smallest absolute Gasteiger partial charge is 0.307 e. The van der Waals surface area contributed by atoms with Crippen LogP contribution in [-0.4, -0.2) is 46.0 Å². The molecule has 31 heavy (non-hydrogen) atoms. The van der Waals surface area contributed by atoms with Crippen molar-refractivity contribution in [2.75, 3.05) is 13.7 Å². The predicted octanol–water partition coefficient (Wildman–Crippen LogP) is 3.26. The van der Waals surface area contributed by atoms with Gasteiger partial charge in [-0.3, -0.25) is 14.4 Å². The Hall–Kier alpha value is -3.74. The minimum absolute atomic E-state index is 0.00357. The number of rotatable bonds is 8. The third kappa shape index (κ3) is 5.06. The van der Waals surface area contributed by atoms with Crippen molar-refractivity contribution in [2.24, 2.45) is 0 Å². The SMILES string of the molecule is COC(=O)CCN(Cc1ccccc1)C(=O)C(=O)c1c(C)nn(-c2ccccc2)c1C. The molecule has 0 N–H and O–H groups in total. The van der Waals surface area contributed by atoms with Gasteiger partial charge in [0, 0.05) is 13.1 Å². The topological polar surface area (TPSA) is 81.5 Å². The van der Waals surface area contributed by atoms with E-state index in [4.69, 9.17) is 4.74 Å². The van der Waals surface area contributed by atoms with Gasteiger partial charge in [0.15, 0.2) is 0 Å². The molecule has 1 aromatic heterocycles. The summed E-state index contributed by atoms with van der Waals surface area (Å²) in [7, 11) is 1.29. The van der Waals surface area contributed by atoms with Gasteiger partial charge in [-0.2, -0.15) is 5.10 Å². The molecule has 0 atom stereocenters. The van der Waals surface area contributed by atoms with Gasteiger partial charge >= 0.3 is 5.97 Å². The molecular weight excluding hydrogens is 394 g/mol. The second-order valence-electron chi connectivity index (χ2n) is 7.16. The van der Waals surface area contributed by atoms with Crippen LogP contribution < -0.4 is 0 Å². The van der Waals surface area contributed by atoms with Gasteiger partial charge in [-0.25, -0.2) is 4.68 Å². The zero-order valence-electron chi connectivity index (χ0n) is 17.9. The van der Waals surface area contributed by atoms with Crippen molar-refractivity contribution in [3.8, 4) is 5.69 Å². The molecule has 0 saturated heterocycles. The van der Waals surface area contributed by atoms with Crippen LogP contribution in [0.1, 0.15) is 33.7 Å². The van der Waals surface area contributed by atoms with Crippen molar-refractivity contribution >= 4 is 17.7 Å². The van der Waals surface area contributed by atoms with Gasteiger partial charge < -0.3 is 9.64 Å². The molecule has 2 aromatic carbocycles. The van der Waals surface area contributed by atoms with E-state index < -0.39 is 17.7 Å². The van der Waals surface area contributed by atoms with Gasteiger partial charge in [-0.15, -0.1) is 0 Å². The van der Waals surface area contributed by atoms with E-state index in [1.54, 1.807) is 18.5 Å². The van der Waals surface area contributed by atoms with Crippen LogP contribution in [0.15, 0.2) is 60.7 Å². The summed E-state index contributed by atoms with van der Waals surface area (Å²) in [5, 5.41) is 4.47. The summed E-state index contributed by atoms with van der Waals surface area (Å²) in [6, 6.07) is 18.8. The molecule has 0 fully saturated rings. The number of aryl methyl sites for hydroxylation is 1. The van der Waals surface area contributed by atoms with Crippen LogP contribution >= 0.6 is 0 Å². The number of carbonyl (C=O) groups is 3. The third-order valence-corrected chi connectivity index (χ3v) is 5.03. The minimum Gasteiger partial charge on any atom is -0.469 e. The van der Waals surface area contributed by atoms with Gasteiger partial charge in [-0.1, -0.05) is 48.5 Å². The Bertz CT molecular complexity index is 1070. The number of nitrogens with zero attached hydrogens (tertiary/aromatic N) is 3. The normalized spacial score (nSPS) is 10.5. The maximum Gasteiger partial charge on any atom is 0.307 e. The molecule has 0 spiro atoms. The summed E-state index contributed by atoms with van der Waals surface area (Å²) in [6.45, 7) is 3.77. The highest BCUT2D eigenvalue weighted by molar-refractivity contribution is 6.43. The fourth-order valence-corrected chi connectivity index (χ4v) is 3.43. The number of hydrogen-bond donors (Lipinski definition) is 0. The molecule has 0 aliphatic carbocycles. The van der Waals surface area contributed by atoms with Crippen LogP contribution in [0.4, 0.5) is 0 Å². The Morgan fingerprint density at radius 3 is 2.19 bits per heavy atom. The molecule has 1 heterocycles. The zero-order valence-corrected chi connectivity index (χ0v) is 17.9. The van der Waals surface area contributed by atoms with Crippen molar-refractivity contribution in [1.82, 2.24) is 14.7 Å². The summed E-state index contributed by atoms with van der Waals surface area (Å²) in [4.78, 5) is 39.4. The molecule has 0 saturated carbocycles. The van der Waals surface area contributed by atoms with Crippen molar-refractivity contribution < 1.29 is 19.1 Å². The quantitative estimate of drug-likeness (QED) is 0.318. The van der Waals surface area contributed by atoms with Gasteiger partial charge in [0.2, 0.25) is 0 Å². The van der Waals surface area contributed by atoms with Gasteiger partial charge in [-0.05, 0) is 31.5 Å². The summed E-state index contributed by atoms with van der Waals surface area (Å²) in [5.74, 6) is -1.76. The number of Topliss-reactive ketones (excluding diaryl/α,β-unsaturated/α-hetero) is 1. The van der Waals surface area contributed by atoms with E-state index in [-0.39, 0.29) is 25.1 Å². The minimum atomic E-state index is -0.674. The van der Waals surface area contributed by atoms with E-state index in [2.05, 4.69) is 5.10 Å². The van der Waals surface area contributed by atoms with Crippen LogP contribution in [0.2, 0.25) is 0 Å². The third-order valence-electron chi connectivity index (χ3n) is 5.03. The zero-order chi connectivity index (χ0) is 22.4. The highest BCUT2D eigenvalue weighted by Crippen LogP contribution is 2.20. The number of hydrogen-bond acceptors (Lipinski definition) is 5. The fraction of sp³-hybridized carbons (Fsp3) is 0.250. The predicted molar refractivity (Wildman–Crippen MR) is 116 cm³/mol. The first kappa shape index (κ1) is 22.0. The van der Waals surface area contributed by atoms with E-state index in [0.29, 0.717) is 11.4 Å². The molecule has 0 aliphatic rings. The number of ketones is 1. The highest BCUT2D eigenvalue weighted by atomic mass is 16.5. The second-order valence-corrected chi connectivity index (χ2v) is 7.16. The molecule has 0 unspecified atom stereocenters. The summed E-state index contributed by atoms with van der Waals surface area (Å²) < 4.78 is 6.35. The van der Waals surface area contributed by atoms with Crippen molar-refractivity contribution in [3.63, 3.8) is 0 Å². The monoisotopic (exact) mass is 419 g/mol. The van der Waals surface area contributed by atoms with Gasteiger partial charge in [0.05, 0.1) is 36.2 Å². The van der Waals surface area contributed by atoms with Crippen molar-refractivity contribution in [2.45, 2.75) is 26.8 Å². The number of carbonyl (C=O) groups excluding carboxylic acids is 3. The number of benzene rings is 2. The van der Waals surface area contributed by atoms with Crippen LogP contribution in [0.3, 0.4) is 0 Å². The van der Waals surface area contributed by atoms with Crippen LogP contribution in [0, 0.1) is 13.8 Å². The summed E-state index contributed by atoms with van der Waals surface area (Å²) in [6.07, 6.45) is 0.00357. The van der Waals surface area contributed by atoms with Gasteiger partial charge in [0.25, 0.3) is 11.7 Å². The molecule has 7 nitrogen and oxygen atoms in total.